The summed E-state index contributed by atoms with van der Waals surface area (Å²) in [6.45, 7) is 6.03. The third kappa shape index (κ3) is 4.39. The van der Waals surface area contributed by atoms with Gasteiger partial charge in [-0.3, -0.25) is 14.6 Å². The Kier molecular flexibility index (Phi) is 5.46. The number of amides is 2. The molecule has 0 unspecified atom stereocenters. The van der Waals surface area contributed by atoms with Crippen LogP contribution < -0.4 is 10.6 Å². The summed E-state index contributed by atoms with van der Waals surface area (Å²) in [4.78, 5) is 27.9. The molecule has 2 N–H and O–H groups in total. The summed E-state index contributed by atoms with van der Waals surface area (Å²) >= 11 is 0. The topological polar surface area (TPSA) is 71.1 Å². The molecule has 23 heavy (non-hydrogen) atoms. The first kappa shape index (κ1) is 16.7. The van der Waals surface area contributed by atoms with Crippen molar-refractivity contribution in [3.8, 4) is 0 Å². The van der Waals surface area contributed by atoms with E-state index in [4.69, 9.17) is 0 Å². The molecule has 2 aromatic rings. The van der Waals surface area contributed by atoms with E-state index in [-0.39, 0.29) is 18.4 Å². The fourth-order valence-corrected chi connectivity index (χ4v) is 2.29. The third-order valence-electron chi connectivity index (χ3n) is 3.52. The number of rotatable bonds is 5. The van der Waals surface area contributed by atoms with E-state index >= 15 is 0 Å². The van der Waals surface area contributed by atoms with Gasteiger partial charge in [0.2, 0.25) is 5.91 Å². The second-order valence-corrected chi connectivity index (χ2v) is 5.67. The molecule has 0 atom stereocenters. The second kappa shape index (κ2) is 7.54. The number of hydrogen-bond donors (Lipinski definition) is 2. The molecular weight excluding hydrogens is 290 g/mol. The molecule has 0 fully saturated rings. The van der Waals surface area contributed by atoms with E-state index in [1.54, 1.807) is 18.3 Å². The van der Waals surface area contributed by atoms with Crippen LogP contribution in [-0.2, 0) is 4.79 Å². The normalized spacial score (nSPS) is 10.4. The van der Waals surface area contributed by atoms with Gasteiger partial charge in [0.1, 0.15) is 0 Å². The van der Waals surface area contributed by atoms with Crippen molar-refractivity contribution < 1.29 is 9.59 Å². The monoisotopic (exact) mass is 311 g/mol. The Morgan fingerprint density at radius 1 is 1.17 bits per heavy atom. The zero-order chi connectivity index (χ0) is 16.8. The van der Waals surface area contributed by atoms with E-state index in [1.807, 2.05) is 25.1 Å². The van der Waals surface area contributed by atoms with Gasteiger partial charge >= 0.3 is 0 Å². The minimum Gasteiger partial charge on any atom is -0.343 e. The Balaban J connectivity index is 1.99. The van der Waals surface area contributed by atoms with Crippen molar-refractivity contribution >= 4 is 17.5 Å². The van der Waals surface area contributed by atoms with Crippen LogP contribution in [0, 0.1) is 6.92 Å². The highest BCUT2D eigenvalue weighted by Gasteiger charge is 2.13. The number of benzene rings is 1. The molecule has 0 aliphatic rings. The average molecular weight is 311 g/mol. The molecule has 1 aromatic heterocycles. The molecule has 0 spiro atoms. The molecule has 2 rings (SSSR count). The van der Waals surface area contributed by atoms with Gasteiger partial charge < -0.3 is 10.6 Å². The molecule has 5 nitrogen and oxygen atoms in total. The lowest BCUT2D eigenvalue weighted by molar-refractivity contribution is -0.115. The number of carbonyl (C=O) groups is 2. The lowest BCUT2D eigenvalue weighted by Gasteiger charge is -2.16. The van der Waals surface area contributed by atoms with Crippen molar-refractivity contribution in [2.75, 3.05) is 11.9 Å². The summed E-state index contributed by atoms with van der Waals surface area (Å²) in [5.74, 6) is -0.268. The largest absolute Gasteiger partial charge is 0.343 e. The molecule has 5 heteroatoms. The zero-order valence-corrected chi connectivity index (χ0v) is 13.6. The van der Waals surface area contributed by atoms with Gasteiger partial charge in [-0.1, -0.05) is 32.0 Å². The van der Waals surface area contributed by atoms with Gasteiger partial charge in [-0.05, 0) is 36.1 Å². The van der Waals surface area contributed by atoms with E-state index in [0.29, 0.717) is 11.5 Å². The van der Waals surface area contributed by atoms with Gasteiger partial charge in [0.25, 0.3) is 5.91 Å². The molecule has 2 amide bonds. The molecule has 1 aromatic carbocycles. The van der Waals surface area contributed by atoms with Crippen LogP contribution in [0.5, 0.6) is 0 Å². The summed E-state index contributed by atoms with van der Waals surface area (Å²) < 4.78 is 0. The number of carbonyl (C=O) groups excluding carboxylic acids is 2. The third-order valence-corrected chi connectivity index (χ3v) is 3.52. The molecule has 0 radical (unpaired) electrons. The minimum atomic E-state index is -0.317. The second-order valence-electron chi connectivity index (χ2n) is 5.67. The van der Waals surface area contributed by atoms with Crippen LogP contribution in [0.2, 0.25) is 0 Å². The van der Waals surface area contributed by atoms with Gasteiger partial charge in [0.15, 0.2) is 0 Å². The average Bonchev–Trinajstić information content (AvgIpc) is 2.55. The molecule has 1 heterocycles. The van der Waals surface area contributed by atoms with Gasteiger partial charge in [-0.25, -0.2) is 0 Å². The van der Waals surface area contributed by atoms with Crippen molar-refractivity contribution in [1.82, 2.24) is 10.3 Å². The van der Waals surface area contributed by atoms with E-state index in [0.717, 1.165) is 16.8 Å². The molecule has 0 aliphatic heterocycles. The first-order chi connectivity index (χ1) is 11.0. The van der Waals surface area contributed by atoms with E-state index in [9.17, 15) is 9.59 Å². The maximum absolute atomic E-state index is 12.1. The lowest BCUT2D eigenvalue weighted by Crippen LogP contribution is -2.33. The number of anilines is 1. The predicted molar refractivity (Wildman–Crippen MR) is 90.5 cm³/mol. The summed E-state index contributed by atoms with van der Waals surface area (Å²) in [6, 6.07) is 9.26. The van der Waals surface area contributed by atoms with E-state index < -0.39 is 0 Å². The van der Waals surface area contributed by atoms with Crippen LogP contribution in [0.25, 0.3) is 0 Å². The van der Waals surface area contributed by atoms with Crippen LogP contribution in [0.4, 0.5) is 5.69 Å². The Labute approximate surface area is 136 Å². The molecular formula is C18H21N3O2. The highest BCUT2D eigenvalue weighted by molar-refractivity contribution is 5.99. The van der Waals surface area contributed by atoms with Gasteiger partial charge in [-0.2, -0.15) is 0 Å². The summed E-state index contributed by atoms with van der Waals surface area (Å²) in [5.41, 5.74) is 3.34. The predicted octanol–water partition coefficient (Wildman–Crippen LogP) is 2.88. The van der Waals surface area contributed by atoms with Gasteiger partial charge in [0, 0.05) is 18.1 Å². The highest BCUT2D eigenvalue weighted by Crippen LogP contribution is 2.27. The van der Waals surface area contributed by atoms with Crippen LogP contribution >= 0.6 is 0 Å². The van der Waals surface area contributed by atoms with Crippen molar-refractivity contribution in [2.45, 2.75) is 26.7 Å². The maximum Gasteiger partial charge on any atom is 0.253 e. The number of hydrogen-bond acceptors (Lipinski definition) is 3. The first-order valence-electron chi connectivity index (χ1n) is 7.56. The highest BCUT2D eigenvalue weighted by atomic mass is 16.2. The Hall–Kier alpha value is -2.69. The maximum atomic E-state index is 12.1. The molecule has 0 bridgehead atoms. The fraction of sp³-hybridized carbons (Fsp3) is 0.278. The summed E-state index contributed by atoms with van der Waals surface area (Å²) in [7, 11) is 0. The summed E-state index contributed by atoms with van der Waals surface area (Å²) in [6.07, 6.45) is 3.06. The fourth-order valence-electron chi connectivity index (χ4n) is 2.29. The first-order valence-corrected chi connectivity index (χ1v) is 7.56. The minimum absolute atomic E-state index is 0.0837. The number of para-hydroxylation sites is 1. The number of aromatic nitrogens is 1. The van der Waals surface area contributed by atoms with Crippen LogP contribution in [0.3, 0.4) is 0 Å². The summed E-state index contributed by atoms with van der Waals surface area (Å²) in [5, 5.41) is 5.49. The van der Waals surface area contributed by atoms with Gasteiger partial charge in [-0.15, -0.1) is 0 Å². The van der Waals surface area contributed by atoms with Crippen molar-refractivity contribution in [3.05, 3.63) is 59.4 Å². The molecule has 120 valence electrons. The number of nitrogens with zero attached hydrogens (tertiary/aromatic N) is 1. The number of nitrogens with one attached hydrogen (secondary N) is 2. The van der Waals surface area contributed by atoms with Crippen LogP contribution in [0.15, 0.2) is 42.7 Å². The van der Waals surface area contributed by atoms with E-state index in [1.165, 1.54) is 6.20 Å². The van der Waals surface area contributed by atoms with Crippen LogP contribution in [0.1, 0.15) is 41.3 Å². The van der Waals surface area contributed by atoms with Gasteiger partial charge in [0.05, 0.1) is 12.1 Å². The molecule has 0 saturated carbocycles. The quantitative estimate of drug-likeness (QED) is 0.892. The number of aryl methyl sites for hydroxylation is 1. The van der Waals surface area contributed by atoms with E-state index in [2.05, 4.69) is 29.5 Å². The number of pyridine rings is 1. The van der Waals surface area contributed by atoms with Crippen molar-refractivity contribution in [2.24, 2.45) is 0 Å². The Bertz CT molecular complexity index is 697. The molecule has 0 aliphatic carbocycles. The standard InChI is InChI=1S/C18H21N3O2/c1-12(2)15-8-4-6-13(3)17(15)21-16(22)11-20-18(23)14-7-5-9-19-10-14/h4-10,12H,11H2,1-3H3,(H,20,23)(H,21,22). The van der Waals surface area contributed by atoms with Crippen molar-refractivity contribution in [3.63, 3.8) is 0 Å². The smallest absolute Gasteiger partial charge is 0.253 e. The van der Waals surface area contributed by atoms with Crippen LogP contribution in [-0.4, -0.2) is 23.3 Å². The Morgan fingerprint density at radius 2 is 1.96 bits per heavy atom. The lowest BCUT2D eigenvalue weighted by atomic mass is 9.98. The SMILES string of the molecule is Cc1cccc(C(C)C)c1NC(=O)CNC(=O)c1cccnc1. The zero-order valence-electron chi connectivity index (χ0n) is 13.6. The van der Waals surface area contributed by atoms with Crippen molar-refractivity contribution in [1.29, 1.82) is 0 Å². The molecule has 0 saturated heterocycles. The Morgan fingerprint density at radius 3 is 2.61 bits per heavy atom.